The fourth-order valence-corrected chi connectivity index (χ4v) is 3.50. The number of likely N-dealkylation sites (tertiary alicyclic amines) is 1. The van der Waals surface area contributed by atoms with Crippen LogP contribution in [0.15, 0.2) is 48.7 Å². The van der Waals surface area contributed by atoms with Crippen molar-refractivity contribution in [3.8, 4) is 6.07 Å². The van der Waals surface area contributed by atoms with Gasteiger partial charge >= 0.3 is 6.03 Å². The van der Waals surface area contributed by atoms with Gasteiger partial charge in [-0.15, -0.1) is 0 Å². The van der Waals surface area contributed by atoms with Gasteiger partial charge in [0.2, 0.25) is 0 Å². The SMILES string of the molecule is Cc1ccc(NCCCNC(=O)N2CCC(C#N)(c3ccccc3)CC2)nc1. The van der Waals surface area contributed by atoms with Crippen molar-refractivity contribution in [2.75, 3.05) is 31.5 Å². The molecule has 0 atom stereocenters. The lowest BCUT2D eigenvalue weighted by atomic mass is 9.74. The number of piperidine rings is 1. The second kappa shape index (κ2) is 9.23. The van der Waals surface area contributed by atoms with Crippen molar-refractivity contribution < 1.29 is 4.79 Å². The van der Waals surface area contributed by atoms with Gasteiger partial charge in [0, 0.05) is 32.4 Å². The summed E-state index contributed by atoms with van der Waals surface area (Å²) in [6.07, 6.45) is 3.99. The molecule has 1 aromatic carbocycles. The lowest BCUT2D eigenvalue weighted by molar-refractivity contribution is 0.171. The summed E-state index contributed by atoms with van der Waals surface area (Å²) in [5, 5.41) is 16.0. The van der Waals surface area contributed by atoms with Gasteiger partial charge in [-0.25, -0.2) is 9.78 Å². The summed E-state index contributed by atoms with van der Waals surface area (Å²) in [6.45, 7) is 4.56. The van der Waals surface area contributed by atoms with Crippen LogP contribution in [-0.4, -0.2) is 42.1 Å². The van der Waals surface area contributed by atoms with E-state index in [1.54, 1.807) is 0 Å². The van der Waals surface area contributed by atoms with Gasteiger partial charge in [0.25, 0.3) is 0 Å². The maximum absolute atomic E-state index is 12.4. The molecule has 0 unspecified atom stereocenters. The molecule has 0 radical (unpaired) electrons. The molecule has 1 saturated heterocycles. The summed E-state index contributed by atoms with van der Waals surface area (Å²) in [7, 11) is 0. The van der Waals surface area contributed by atoms with Crippen molar-refractivity contribution in [1.82, 2.24) is 15.2 Å². The second-order valence-corrected chi connectivity index (χ2v) is 7.28. The summed E-state index contributed by atoms with van der Waals surface area (Å²) in [5.74, 6) is 0.849. The molecule has 1 fully saturated rings. The summed E-state index contributed by atoms with van der Waals surface area (Å²) < 4.78 is 0. The number of hydrogen-bond donors (Lipinski definition) is 2. The van der Waals surface area contributed by atoms with Crippen molar-refractivity contribution in [3.05, 3.63) is 59.8 Å². The topological polar surface area (TPSA) is 81.0 Å². The van der Waals surface area contributed by atoms with E-state index in [9.17, 15) is 10.1 Å². The Morgan fingerprint density at radius 3 is 2.57 bits per heavy atom. The average Bonchev–Trinajstić information content (AvgIpc) is 2.75. The lowest BCUT2D eigenvalue weighted by Gasteiger charge is -2.37. The molecule has 2 amide bonds. The Morgan fingerprint density at radius 2 is 1.93 bits per heavy atom. The molecule has 0 saturated carbocycles. The van der Waals surface area contributed by atoms with E-state index in [4.69, 9.17) is 0 Å². The number of benzene rings is 1. The smallest absolute Gasteiger partial charge is 0.317 e. The van der Waals surface area contributed by atoms with Crippen LogP contribution in [0.1, 0.15) is 30.4 Å². The number of hydrogen-bond acceptors (Lipinski definition) is 4. The van der Waals surface area contributed by atoms with E-state index in [-0.39, 0.29) is 6.03 Å². The first-order valence-electron chi connectivity index (χ1n) is 9.79. The molecule has 6 heteroatoms. The highest BCUT2D eigenvalue weighted by Crippen LogP contribution is 2.34. The molecule has 2 aromatic rings. The van der Waals surface area contributed by atoms with E-state index in [1.165, 1.54) is 0 Å². The van der Waals surface area contributed by atoms with Crippen molar-refractivity contribution in [1.29, 1.82) is 5.26 Å². The zero-order valence-corrected chi connectivity index (χ0v) is 16.3. The van der Waals surface area contributed by atoms with Gasteiger partial charge in [0.1, 0.15) is 5.82 Å². The largest absolute Gasteiger partial charge is 0.370 e. The van der Waals surface area contributed by atoms with Crippen molar-refractivity contribution >= 4 is 11.8 Å². The fraction of sp³-hybridized carbons (Fsp3) is 0.409. The zero-order valence-electron chi connectivity index (χ0n) is 16.3. The monoisotopic (exact) mass is 377 g/mol. The molecule has 146 valence electrons. The first-order valence-corrected chi connectivity index (χ1v) is 9.79. The highest BCUT2D eigenvalue weighted by atomic mass is 16.2. The third kappa shape index (κ3) is 4.80. The number of nitriles is 1. The number of pyridine rings is 1. The van der Waals surface area contributed by atoms with Crippen LogP contribution in [0.25, 0.3) is 0 Å². The third-order valence-corrected chi connectivity index (χ3v) is 5.29. The van der Waals surface area contributed by atoms with E-state index < -0.39 is 5.41 Å². The summed E-state index contributed by atoms with van der Waals surface area (Å²) in [6, 6.07) is 16.3. The van der Waals surface area contributed by atoms with Gasteiger partial charge in [-0.3, -0.25) is 0 Å². The fourth-order valence-electron chi connectivity index (χ4n) is 3.50. The van der Waals surface area contributed by atoms with Gasteiger partial charge in [-0.1, -0.05) is 36.4 Å². The van der Waals surface area contributed by atoms with Crippen LogP contribution < -0.4 is 10.6 Å². The zero-order chi connectivity index (χ0) is 19.8. The van der Waals surface area contributed by atoms with Crippen LogP contribution in [-0.2, 0) is 5.41 Å². The van der Waals surface area contributed by atoms with E-state index in [2.05, 4.69) is 21.7 Å². The van der Waals surface area contributed by atoms with Crippen LogP contribution in [0, 0.1) is 18.3 Å². The Hall–Kier alpha value is -3.07. The van der Waals surface area contributed by atoms with Crippen LogP contribution in [0.5, 0.6) is 0 Å². The Kier molecular flexibility index (Phi) is 6.49. The number of nitrogens with one attached hydrogen (secondary N) is 2. The number of rotatable bonds is 6. The number of aromatic nitrogens is 1. The van der Waals surface area contributed by atoms with Crippen LogP contribution >= 0.6 is 0 Å². The van der Waals surface area contributed by atoms with Crippen molar-refractivity contribution in [2.24, 2.45) is 0 Å². The Labute approximate surface area is 166 Å². The van der Waals surface area contributed by atoms with Gasteiger partial charge in [0.15, 0.2) is 0 Å². The predicted octanol–water partition coefficient (Wildman–Crippen LogP) is 3.46. The molecule has 6 nitrogen and oxygen atoms in total. The van der Waals surface area contributed by atoms with Crippen molar-refractivity contribution in [2.45, 2.75) is 31.6 Å². The highest BCUT2D eigenvalue weighted by molar-refractivity contribution is 5.74. The highest BCUT2D eigenvalue weighted by Gasteiger charge is 2.37. The van der Waals surface area contributed by atoms with E-state index >= 15 is 0 Å². The van der Waals surface area contributed by atoms with Crippen LogP contribution in [0.3, 0.4) is 0 Å². The minimum Gasteiger partial charge on any atom is -0.370 e. The van der Waals surface area contributed by atoms with Gasteiger partial charge < -0.3 is 15.5 Å². The minimum atomic E-state index is -0.483. The van der Waals surface area contributed by atoms with Gasteiger partial charge in [0.05, 0.1) is 11.5 Å². The Morgan fingerprint density at radius 1 is 1.18 bits per heavy atom. The molecule has 3 rings (SSSR count). The average molecular weight is 377 g/mol. The maximum Gasteiger partial charge on any atom is 0.317 e. The third-order valence-electron chi connectivity index (χ3n) is 5.29. The molecule has 2 N–H and O–H groups in total. The predicted molar refractivity (Wildman–Crippen MR) is 110 cm³/mol. The standard InChI is InChI=1S/C22H27N5O/c1-18-8-9-20(26-16-18)24-12-5-13-25-21(28)27-14-10-22(17-23,11-15-27)19-6-3-2-4-7-19/h2-4,6-9,16H,5,10-15H2,1H3,(H,24,26)(H,25,28). The quantitative estimate of drug-likeness (QED) is 0.756. The maximum atomic E-state index is 12.4. The number of carbonyl (C=O) groups is 1. The molecule has 1 aliphatic heterocycles. The van der Waals surface area contributed by atoms with E-state index in [0.29, 0.717) is 32.5 Å². The number of anilines is 1. The number of aryl methyl sites for hydroxylation is 1. The van der Waals surface area contributed by atoms with E-state index in [0.717, 1.165) is 29.9 Å². The molecule has 0 aliphatic carbocycles. The van der Waals surface area contributed by atoms with E-state index in [1.807, 2.05) is 60.5 Å². The first kappa shape index (κ1) is 19.7. The molecule has 1 aromatic heterocycles. The molecule has 0 spiro atoms. The number of amides is 2. The Balaban J connectivity index is 1.39. The molecular formula is C22H27N5O. The summed E-state index contributed by atoms with van der Waals surface area (Å²) in [4.78, 5) is 18.5. The minimum absolute atomic E-state index is 0.0481. The van der Waals surface area contributed by atoms with Gasteiger partial charge in [-0.2, -0.15) is 5.26 Å². The second-order valence-electron chi connectivity index (χ2n) is 7.28. The molecule has 0 bridgehead atoms. The van der Waals surface area contributed by atoms with Crippen LogP contribution in [0.2, 0.25) is 0 Å². The molecule has 1 aliphatic rings. The molecule has 28 heavy (non-hydrogen) atoms. The number of carbonyl (C=O) groups excluding carboxylic acids is 1. The number of urea groups is 1. The Bertz CT molecular complexity index is 805. The molecule has 2 heterocycles. The lowest BCUT2D eigenvalue weighted by Crippen LogP contribution is -2.48. The summed E-state index contributed by atoms with van der Waals surface area (Å²) >= 11 is 0. The van der Waals surface area contributed by atoms with Crippen LogP contribution in [0.4, 0.5) is 10.6 Å². The van der Waals surface area contributed by atoms with Crippen molar-refractivity contribution in [3.63, 3.8) is 0 Å². The number of nitrogens with zero attached hydrogens (tertiary/aromatic N) is 3. The normalized spacial score (nSPS) is 15.5. The van der Waals surface area contributed by atoms with Gasteiger partial charge in [-0.05, 0) is 43.4 Å². The summed E-state index contributed by atoms with van der Waals surface area (Å²) in [5.41, 5.74) is 1.70. The first-order chi connectivity index (χ1) is 13.6. The molecular weight excluding hydrogens is 350 g/mol.